The van der Waals surface area contributed by atoms with Gasteiger partial charge in [-0.25, -0.2) is 0 Å². The summed E-state index contributed by atoms with van der Waals surface area (Å²) >= 11 is 0. The van der Waals surface area contributed by atoms with Crippen LogP contribution in [0.2, 0.25) is 0 Å². The van der Waals surface area contributed by atoms with Crippen LogP contribution in [0.15, 0.2) is 22.3 Å². The van der Waals surface area contributed by atoms with E-state index in [9.17, 15) is 9.59 Å². The minimum absolute atomic E-state index is 0.0247. The monoisotopic (exact) mass is 504 g/mol. The first kappa shape index (κ1) is 32.4. The Hall–Kier alpha value is -1.58. The summed E-state index contributed by atoms with van der Waals surface area (Å²) in [6.45, 7) is 31.5. The normalized spacial score (nSPS) is 30.6. The van der Waals surface area contributed by atoms with E-state index in [1.165, 1.54) is 22.3 Å². The van der Waals surface area contributed by atoms with Gasteiger partial charge in [0.2, 0.25) is 0 Å². The Labute approximate surface area is 222 Å². The molecule has 0 aromatic rings. The molecular formula is C32H56O4. The zero-order chi connectivity index (χ0) is 28.3. The second-order valence-corrected chi connectivity index (χ2v) is 13.1. The summed E-state index contributed by atoms with van der Waals surface area (Å²) in [6.07, 6.45) is 1.56. The van der Waals surface area contributed by atoms with E-state index in [0.29, 0.717) is 29.6 Å². The van der Waals surface area contributed by atoms with Gasteiger partial charge in [0, 0.05) is 11.8 Å². The highest BCUT2D eigenvalue weighted by Gasteiger charge is 2.44. The molecule has 2 aliphatic rings. The Bertz CT molecular complexity index is 855. The molecule has 0 aliphatic heterocycles. The molecule has 0 spiro atoms. The molecule has 0 saturated heterocycles. The number of hydrogen-bond acceptors (Lipinski definition) is 4. The van der Waals surface area contributed by atoms with Crippen LogP contribution < -0.4 is 0 Å². The van der Waals surface area contributed by atoms with E-state index in [2.05, 4.69) is 62.3 Å². The SMILES string of the molecule is CCC(C)(C)C(=O)OC1C(=C(C)C)C(C)C(C)C1C.CCC(C)(C)C(=O)OC1C(C)=C(C)C(C)C1C. The quantitative estimate of drug-likeness (QED) is 0.268. The third-order valence-corrected chi connectivity index (χ3v) is 9.81. The van der Waals surface area contributed by atoms with Gasteiger partial charge in [0.15, 0.2) is 0 Å². The lowest BCUT2D eigenvalue weighted by atomic mass is 9.90. The Morgan fingerprint density at radius 3 is 1.42 bits per heavy atom. The number of ether oxygens (including phenoxy) is 2. The molecule has 0 aromatic carbocycles. The van der Waals surface area contributed by atoms with Crippen molar-refractivity contribution in [3.05, 3.63) is 22.3 Å². The van der Waals surface area contributed by atoms with E-state index in [1.807, 2.05) is 41.5 Å². The molecule has 2 aliphatic carbocycles. The molecule has 4 heteroatoms. The number of hydrogen-bond donors (Lipinski definition) is 0. The zero-order valence-electron chi connectivity index (χ0n) is 26.1. The van der Waals surface area contributed by atoms with Gasteiger partial charge in [0.1, 0.15) is 12.2 Å². The van der Waals surface area contributed by atoms with Crippen LogP contribution in [0.5, 0.6) is 0 Å². The van der Waals surface area contributed by atoms with Gasteiger partial charge in [-0.15, -0.1) is 0 Å². The van der Waals surface area contributed by atoms with Gasteiger partial charge in [0.25, 0.3) is 0 Å². The molecule has 0 heterocycles. The average Bonchev–Trinajstić information content (AvgIpc) is 3.13. The van der Waals surface area contributed by atoms with E-state index >= 15 is 0 Å². The van der Waals surface area contributed by atoms with Crippen molar-refractivity contribution in [3.63, 3.8) is 0 Å². The van der Waals surface area contributed by atoms with E-state index in [0.717, 1.165) is 12.8 Å². The molecular weight excluding hydrogens is 448 g/mol. The third kappa shape index (κ3) is 6.84. The summed E-state index contributed by atoms with van der Waals surface area (Å²) in [5.41, 5.74) is 4.49. The lowest BCUT2D eigenvalue weighted by molar-refractivity contribution is -0.160. The summed E-state index contributed by atoms with van der Waals surface area (Å²) < 4.78 is 11.6. The summed E-state index contributed by atoms with van der Waals surface area (Å²) in [5, 5.41) is 0. The van der Waals surface area contributed by atoms with E-state index in [4.69, 9.17) is 9.47 Å². The largest absolute Gasteiger partial charge is 0.457 e. The number of carbonyl (C=O) groups is 2. The molecule has 208 valence electrons. The average molecular weight is 505 g/mol. The second kappa shape index (κ2) is 12.3. The van der Waals surface area contributed by atoms with Gasteiger partial charge in [-0.3, -0.25) is 9.59 Å². The first-order chi connectivity index (χ1) is 16.3. The van der Waals surface area contributed by atoms with Crippen LogP contribution in [0.25, 0.3) is 0 Å². The summed E-state index contributed by atoms with van der Waals surface area (Å²) in [7, 11) is 0. The van der Waals surface area contributed by atoms with Crippen molar-refractivity contribution in [2.75, 3.05) is 0 Å². The summed E-state index contributed by atoms with van der Waals surface area (Å²) in [4.78, 5) is 24.4. The van der Waals surface area contributed by atoms with Crippen LogP contribution in [0, 0.1) is 40.4 Å². The molecule has 36 heavy (non-hydrogen) atoms. The van der Waals surface area contributed by atoms with E-state index < -0.39 is 0 Å². The van der Waals surface area contributed by atoms with Gasteiger partial charge < -0.3 is 9.47 Å². The number of allylic oxidation sites excluding steroid dienone is 2. The predicted octanol–water partition coefficient (Wildman–Crippen LogP) is 8.55. The Kier molecular flexibility index (Phi) is 11.1. The Morgan fingerprint density at radius 2 is 1.08 bits per heavy atom. The fraction of sp³-hybridized carbons (Fsp3) is 0.812. The Balaban J connectivity index is 0.000000362. The minimum atomic E-state index is -0.387. The maximum atomic E-state index is 12.3. The minimum Gasteiger partial charge on any atom is -0.457 e. The number of rotatable bonds is 6. The molecule has 1 saturated carbocycles. The van der Waals surface area contributed by atoms with Crippen molar-refractivity contribution in [3.8, 4) is 0 Å². The fourth-order valence-corrected chi connectivity index (χ4v) is 5.14. The van der Waals surface area contributed by atoms with Crippen LogP contribution in [0.1, 0.15) is 117 Å². The summed E-state index contributed by atoms with van der Waals surface area (Å²) in [6, 6.07) is 0. The molecule has 0 amide bonds. The highest BCUT2D eigenvalue weighted by molar-refractivity contribution is 5.76. The van der Waals surface area contributed by atoms with Crippen LogP contribution >= 0.6 is 0 Å². The topological polar surface area (TPSA) is 52.6 Å². The van der Waals surface area contributed by atoms with Gasteiger partial charge in [0.05, 0.1) is 10.8 Å². The highest BCUT2D eigenvalue weighted by Crippen LogP contribution is 2.45. The second-order valence-electron chi connectivity index (χ2n) is 13.1. The molecule has 2 rings (SSSR count). The molecule has 0 bridgehead atoms. The van der Waals surface area contributed by atoms with Crippen molar-refractivity contribution >= 4 is 11.9 Å². The van der Waals surface area contributed by atoms with Crippen LogP contribution in [-0.2, 0) is 19.1 Å². The zero-order valence-corrected chi connectivity index (χ0v) is 26.1. The standard InChI is InChI=1S/C17H30O2.C15H26O2/c1-9-17(7,8)16(18)19-15-13(6)11(4)12(5)14(15)10(2)3;1-8-15(6,7)14(16)17-13-11(4)9(2)10(3)12(13)5/h11-13,15H,9H2,1-8H3;9,11,13H,8H2,1-7H3. The summed E-state index contributed by atoms with van der Waals surface area (Å²) in [5.74, 6) is 2.24. The van der Waals surface area contributed by atoms with Crippen molar-refractivity contribution in [2.45, 2.75) is 129 Å². The lowest BCUT2D eigenvalue weighted by Gasteiger charge is -2.27. The van der Waals surface area contributed by atoms with Crippen LogP contribution in [-0.4, -0.2) is 24.1 Å². The maximum Gasteiger partial charge on any atom is 0.312 e. The van der Waals surface area contributed by atoms with Gasteiger partial charge in [-0.1, -0.05) is 59.6 Å². The molecule has 7 unspecified atom stereocenters. The molecule has 0 aromatic heterocycles. The van der Waals surface area contributed by atoms with Crippen molar-refractivity contribution < 1.29 is 19.1 Å². The maximum absolute atomic E-state index is 12.3. The van der Waals surface area contributed by atoms with Crippen molar-refractivity contribution in [1.82, 2.24) is 0 Å². The first-order valence-electron chi connectivity index (χ1n) is 14.1. The van der Waals surface area contributed by atoms with Crippen LogP contribution in [0.3, 0.4) is 0 Å². The predicted molar refractivity (Wildman–Crippen MR) is 150 cm³/mol. The lowest BCUT2D eigenvalue weighted by Crippen LogP contribution is -2.33. The smallest absolute Gasteiger partial charge is 0.312 e. The molecule has 4 nitrogen and oxygen atoms in total. The molecule has 1 fully saturated rings. The van der Waals surface area contributed by atoms with Crippen LogP contribution in [0.4, 0.5) is 0 Å². The third-order valence-electron chi connectivity index (χ3n) is 9.81. The number of carbonyl (C=O) groups excluding carboxylic acids is 2. The fourth-order valence-electron chi connectivity index (χ4n) is 5.14. The van der Waals surface area contributed by atoms with Gasteiger partial charge in [-0.2, -0.15) is 0 Å². The van der Waals surface area contributed by atoms with Gasteiger partial charge >= 0.3 is 11.9 Å². The highest BCUT2D eigenvalue weighted by atomic mass is 16.5. The van der Waals surface area contributed by atoms with E-state index in [-0.39, 0.29) is 35.0 Å². The molecule has 0 N–H and O–H groups in total. The van der Waals surface area contributed by atoms with Crippen molar-refractivity contribution in [1.29, 1.82) is 0 Å². The molecule has 0 radical (unpaired) electrons. The molecule has 7 atom stereocenters. The van der Waals surface area contributed by atoms with Crippen molar-refractivity contribution in [2.24, 2.45) is 40.4 Å². The number of esters is 2. The van der Waals surface area contributed by atoms with Gasteiger partial charge in [-0.05, 0) is 97.1 Å². The first-order valence-corrected chi connectivity index (χ1v) is 14.1. The Morgan fingerprint density at radius 1 is 0.667 bits per heavy atom. The van der Waals surface area contributed by atoms with E-state index in [1.54, 1.807) is 0 Å².